The molecule has 4 heteroatoms. The molecule has 2 N–H and O–H groups in total. The molecular weight excluding hydrogens is 229 g/mol. The average Bonchev–Trinajstić information content (AvgIpc) is 3.06. The van der Waals surface area contributed by atoms with E-state index in [1.807, 2.05) is 6.07 Å². The zero-order valence-corrected chi connectivity index (χ0v) is 9.71. The van der Waals surface area contributed by atoms with Crippen LogP contribution in [0.15, 0.2) is 18.2 Å². The van der Waals surface area contributed by atoms with Crippen LogP contribution in [0.5, 0.6) is 5.75 Å². The monoisotopic (exact) mass is 243 g/mol. The van der Waals surface area contributed by atoms with E-state index in [0.29, 0.717) is 23.4 Å². The van der Waals surface area contributed by atoms with E-state index < -0.39 is 6.67 Å². The normalized spacial score (nSPS) is 23.2. The first-order valence-electron chi connectivity index (χ1n) is 5.44. The molecule has 1 saturated carbocycles. The lowest BCUT2D eigenvalue weighted by Gasteiger charge is -2.10. The summed E-state index contributed by atoms with van der Waals surface area (Å²) in [6.45, 7) is 0.293. The van der Waals surface area contributed by atoms with Gasteiger partial charge in [0.05, 0.1) is 0 Å². The maximum Gasteiger partial charge on any atom is 0.123 e. The molecule has 88 valence electrons. The highest BCUT2D eigenvalue weighted by Crippen LogP contribution is 2.50. The Labute approximate surface area is 99.5 Å². The molecule has 2 atom stereocenters. The zero-order chi connectivity index (χ0) is 11.5. The number of nitrogens with two attached hydrogens (primary N) is 1. The summed E-state index contributed by atoms with van der Waals surface area (Å²) >= 11 is 5.95. The molecule has 0 radical (unpaired) electrons. The number of hydrogen-bond donors (Lipinski definition) is 1. The van der Waals surface area contributed by atoms with Gasteiger partial charge in [0, 0.05) is 5.02 Å². The third-order valence-corrected chi connectivity index (χ3v) is 3.17. The second-order valence-electron chi connectivity index (χ2n) is 4.06. The standard InChI is InChI=1S/C12H15ClFNO/c13-9-1-2-12(16-4-3-14)11(6-9)10-5-8(10)7-15/h1-2,6,8,10H,3-5,7,15H2/t8-,10+/m1/s1. The van der Waals surface area contributed by atoms with Gasteiger partial charge in [0.25, 0.3) is 0 Å². The van der Waals surface area contributed by atoms with Crippen molar-refractivity contribution in [2.75, 3.05) is 19.8 Å². The number of hydrogen-bond acceptors (Lipinski definition) is 2. The van der Waals surface area contributed by atoms with Crippen molar-refractivity contribution < 1.29 is 9.13 Å². The van der Waals surface area contributed by atoms with E-state index in [1.54, 1.807) is 12.1 Å². The van der Waals surface area contributed by atoms with Crippen molar-refractivity contribution in [2.45, 2.75) is 12.3 Å². The van der Waals surface area contributed by atoms with Gasteiger partial charge in [0.2, 0.25) is 0 Å². The number of rotatable bonds is 5. The van der Waals surface area contributed by atoms with Crippen LogP contribution in [0.2, 0.25) is 5.02 Å². The van der Waals surface area contributed by atoms with Gasteiger partial charge in [-0.3, -0.25) is 0 Å². The molecule has 1 aliphatic carbocycles. The van der Waals surface area contributed by atoms with Crippen LogP contribution in [-0.2, 0) is 0 Å². The molecule has 16 heavy (non-hydrogen) atoms. The van der Waals surface area contributed by atoms with E-state index in [1.165, 1.54) is 0 Å². The maximum absolute atomic E-state index is 12.1. The van der Waals surface area contributed by atoms with E-state index in [4.69, 9.17) is 22.1 Å². The number of alkyl halides is 1. The van der Waals surface area contributed by atoms with E-state index in [2.05, 4.69) is 0 Å². The van der Waals surface area contributed by atoms with E-state index in [-0.39, 0.29) is 6.61 Å². The van der Waals surface area contributed by atoms with Gasteiger partial charge < -0.3 is 10.5 Å². The second-order valence-corrected chi connectivity index (χ2v) is 4.49. The van der Waals surface area contributed by atoms with Gasteiger partial charge in [-0.1, -0.05) is 11.6 Å². The van der Waals surface area contributed by atoms with Crippen LogP contribution in [0.3, 0.4) is 0 Å². The Bertz CT molecular complexity index is 372. The molecule has 0 unspecified atom stereocenters. The molecule has 0 aromatic heterocycles. The summed E-state index contributed by atoms with van der Waals surface area (Å²) in [7, 11) is 0. The van der Waals surface area contributed by atoms with Crippen molar-refractivity contribution in [3.63, 3.8) is 0 Å². The van der Waals surface area contributed by atoms with Gasteiger partial charge in [-0.25, -0.2) is 4.39 Å². The third kappa shape index (κ3) is 2.47. The van der Waals surface area contributed by atoms with Gasteiger partial charge >= 0.3 is 0 Å². The van der Waals surface area contributed by atoms with Crippen LogP contribution in [-0.4, -0.2) is 19.8 Å². The molecule has 0 aliphatic heterocycles. The van der Waals surface area contributed by atoms with Gasteiger partial charge in [-0.05, 0) is 48.6 Å². The average molecular weight is 244 g/mol. The second kappa shape index (κ2) is 5.02. The van der Waals surface area contributed by atoms with Crippen LogP contribution in [0.1, 0.15) is 17.9 Å². The summed E-state index contributed by atoms with van der Waals surface area (Å²) in [6.07, 6.45) is 1.07. The highest BCUT2D eigenvalue weighted by molar-refractivity contribution is 6.30. The van der Waals surface area contributed by atoms with Crippen molar-refractivity contribution in [3.8, 4) is 5.75 Å². The van der Waals surface area contributed by atoms with Crippen LogP contribution in [0.25, 0.3) is 0 Å². The van der Waals surface area contributed by atoms with E-state index in [9.17, 15) is 4.39 Å². The van der Waals surface area contributed by atoms with E-state index in [0.717, 1.165) is 17.7 Å². The molecule has 0 saturated heterocycles. The van der Waals surface area contributed by atoms with E-state index >= 15 is 0 Å². The molecule has 1 aliphatic rings. The minimum absolute atomic E-state index is 0.0919. The molecule has 1 aromatic rings. The highest BCUT2D eigenvalue weighted by Gasteiger charge is 2.38. The van der Waals surface area contributed by atoms with Gasteiger partial charge in [-0.2, -0.15) is 0 Å². The minimum Gasteiger partial charge on any atom is -0.491 e. The summed E-state index contributed by atoms with van der Waals surface area (Å²) in [5.41, 5.74) is 6.68. The van der Waals surface area contributed by atoms with Gasteiger partial charge in [0.15, 0.2) is 0 Å². The summed E-state index contributed by atoms with van der Waals surface area (Å²) < 4.78 is 17.4. The molecule has 0 heterocycles. The zero-order valence-electron chi connectivity index (χ0n) is 8.96. The SMILES string of the molecule is NC[C@H]1C[C@@H]1c1cc(Cl)ccc1OCCF. The number of ether oxygens (including phenoxy) is 1. The van der Waals surface area contributed by atoms with Crippen molar-refractivity contribution in [1.29, 1.82) is 0 Å². The fourth-order valence-electron chi connectivity index (χ4n) is 1.98. The smallest absolute Gasteiger partial charge is 0.123 e. The number of benzene rings is 1. The first kappa shape index (κ1) is 11.7. The van der Waals surface area contributed by atoms with Crippen molar-refractivity contribution >= 4 is 11.6 Å². The Hall–Kier alpha value is -0.800. The summed E-state index contributed by atoms with van der Waals surface area (Å²) in [5, 5.41) is 0.685. The lowest BCUT2D eigenvalue weighted by molar-refractivity contribution is 0.271. The Morgan fingerprint density at radius 3 is 2.94 bits per heavy atom. The Kier molecular flexibility index (Phi) is 3.66. The van der Waals surface area contributed by atoms with Crippen LogP contribution in [0, 0.1) is 5.92 Å². The minimum atomic E-state index is -0.479. The van der Waals surface area contributed by atoms with Crippen molar-refractivity contribution in [2.24, 2.45) is 11.7 Å². The first-order chi connectivity index (χ1) is 7.76. The van der Waals surface area contributed by atoms with Crippen LogP contribution >= 0.6 is 11.6 Å². The first-order valence-corrected chi connectivity index (χ1v) is 5.82. The number of halogens is 2. The van der Waals surface area contributed by atoms with Crippen molar-refractivity contribution in [1.82, 2.24) is 0 Å². The Morgan fingerprint density at radius 1 is 1.50 bits per heavy atom. The van der Waals surface area contributed by atoms with Crippen molar-refractivity contribution in [3.05, 3.63) is 28.8 Å². The fraction of sp³-hybridized carbons (Fsp3) is 0.500. The molecular formula is C12H15ClFNO. The molecule has 2 rings (SSSR count). The quantitative estimate of drug-likeness (QED) is 0.863. The summed E-state index contributed by atoms with van der Waals surface area (Å²) in [5.74, 6) is 1.69. The van der Waals surface area contributed by atoms with Gasteiger partial charge in [-0.15, -0.1) is 0 Å². The summed E-state index contributed by atoms with van der Waals surface area (Å²) in [4.78, 5) is 0. The molecule has 0 bridgehead atoms. The predicted molar refractivity (Wildman–Crippen MR) is 62.8 cm³/mol. The van der Waals surface area contributed by atoms with Crippen LogP contribution in [0.4, 0.5) is 4.39 Å². The Morgan fingerprint density at radius 2 is 2.31 bits per heavy atom. The molecule has 0 spiro atoms. The highest BCUT2D eigenvalue weighted by atomic mass is 35.5. The lowest BCUT2D eigenvalue weighted by atomic mass is 10.1. The topological polar surface area (TPSA) is 35.2 Å². The third-order valence-electron chi connectivity index (χ3n) is 2.93. The van der Waals surface area contributed by atoms with Gasteiger partial charge in [0.1, 0.15) is 19.0 Å². The predicted octanol–water partition coefficient (Wildman–Crippen LogP) is 2.75. The maximum atomic E-state index is 12.1. The lowest BCUT2D eigenvalue weighted by Crippen LogP contribution is -2.04. The molecule has 2 nitrogen and oxygen atoms in total. The van der Waals surface area contributed by atoms with Crippen LogP contribution < -0.4 is 10.5 Å². The largest absolute Gasteiger partial charge is 0.491 e. The molecule has 1 fully saturated rings. The molecule has 0 amide bonds. The summed E-state index contributed by atoms with van der Waals surface area (Å²) in [6, 6.07) is 5.47. The Balaban J connectivity index is 2.16. The fourth-order valence-corrected chi connectivity index (χ4v) is 2.16. The molecule has 1 aromatic carbocycles.